The number of ether oxygens (including phenoxy) is 2. The van der Waals surface area contributed by atoms with Crippen molar-refractivity contribution < 1.29 is 14.3 Å². The lowest BCUT2D eigenvalue weighted by Crippen LogP contribution is -2.42. The van der Waals surface area contributed by atoms with E-state index in [1.807, 2.05) is 29.2 Å². The Hall–Kier alpha value is -2.53. The van der Waals surface area contributed by atoms with E-state index in [2.05, 4.69) is 23.1 Å². The van der Waals surface area contributed by atoms with E-state index in [1.54, 1.807) is 14.2 Å². The molecular weight excluding hydrogens is 352 g/mol. The summed E-state index contributed by atoms with van der Waals surface area (Å²) < 4.78 is 10.6. The molecule has 28 heavy (non-hydrogen) atoms. The topological polar surface area (TPSA) is 42.0 Å². The third-order valence-corrected chi connectivity index (χ3v) is 5.91. The molecule has 1 saturated heterocycles. The number of hydrogen-bond acceptors (Lipinski definition) is 4. The van der Waals surface area contributed by atoms with Crippen LogP contribution >= 0.6 is 0 Å². The van der Waals surface area contributed by atoms with Crippen molar-refractivity contribution in [2.45, 2.75) is 31.7 Å². The van der Waals surface area contributed by atoms with Gasteiger partial charge in [0.15, 0.2) is 0 Å². The zero-order valence-corrected chi connectivity index (χ0v) is 16.7. The first kappa shape index (κ1) is 18.8. The van der Waals surface area contributed by atoms with Gasteiger partial charge in [-0.3, -0.25) is 9.69 Å². The molecule has 4 rings (SSSR count). The van der Waals surface area contributed by atoms with E-state index in [0.717, 1.165) is 56.0 Å². The SMILES string of the molecule is COc1ccc([C@H]2CCCN2CC(=O)N2CCCc3cc(OC)ccc32)cc1. The number of carbonyl (C=O) groups is 1. The minimum absolute atomic E-state index is 0.187. The van der Waals surface area contributed by atoms with Gasteiger partial charge in [-0.2, -0.15) is 0 Å². The second kappa shape index (κ2) is 8.23. The summed E-state index contributed by atoms with van der Waals surface area (Å²) in [7, 11) is 3.36. The lowest BCUT2D eigenvalue weighted by atomic mass is 10.0. The average molecular weight is 380 g/mol. The fraction of sp³-hybridized carbons (Fsp3) is 0.435. The molecule has 1 atom stereocenters. The molecule has 0 spiro atoms. The Morgan fingerprint density at radius 3 is 2.50 bits per heavy atom. The van der Waals surface area contributed by atoms with Crippen LogP contribution < -0.4 is 14.4 Å². The van der Waals surface area contributed by atoms with Gasteiger partial charge in [-0.1, -0.05) is 12.1 Å². The van der Waals surface area contributed by atoms with Crippen molar-refractivity contribution in [3.63, 3.8) is 0 Å². The molecule has 2 aliphatic heterocycles. The van der Waals surface area contributed by atoms with Gasteiger partial charge >= 0.3 is 0 Å². The molecule has 2 aromatic rings. The molecule has 0 aliphatic carbocycles. The predicted molar refractivity (Wildman–Crippen MR) is 110 cm³/mol. The van der Waals surface area contributed by atoms with Crippen molar-refractivity contribution in [2.75, 3.05) is 38.8 Å². The molecule has 2 aromatic carbocycles. The normalized spacial score (nSPS) is 19.4. The van der Waals surface area contributed by atoms with Crippen LogP contribution in [0.5, 0.6) is 11.5 Å². The van der Waals surface area contributed by atoms with E-state index in [-0.39, 0.29) is 5.91 Å². The molecule has 2 aliphatic rings. The van der Waals surface area contributed by atoms with E-state index in [9.17, 15) is 4.79 Å². The van der Waals surface area contributed by atoms with Gasteiger partial charge in [-0.05, 0) is 73.7 Å². The largest absolute Gasteiger partial charge is 0.497 e. The highest BCUT2D eigenvalue weighted by Gasteiger charge is 2.30. The number of likely N-dealkylation sites (tertiary alicyclic amines) is 1. The van der Waals surface area contributed by atoms with Crippen LogP contribution in [-0.2, 0) is 11.2 Å². The van der Waals surface area contributed by atoms with E-state index in [1.165, 1.54) is 11.1 Å². The van der Waals surface area contributed by atoms with Gasteiger partial charge in [0, 0.05) is 18.3 Å². The molecule has 0 N–H and O–H groups in total. The Labute approximate surface area is 166 Å². The summed E-state index contributed by atoms with van der Waals surface area (Å²) in [5, 5.41) is 0. The van der Waals surface area contributed by atoms with Gasteiger partial charge in [0.1, 0.15) is 11.5 Å². The number of fused-ring (bicyclic) bond motifs is 1. The smallest absolute Gasteiger partial charge is 0.241 e. The molecule has 5 heteroatoms. The molecule has 0 aromatic heterocycles. The minimum atomic E-state index is 0.187. The minimum Gasteiger partial charge on any atom is -0.497 e. The molecule has 148 valence electrons. The van der Waals surface area contributed by atoms with Gasteiger partial charge in [0.05, 0.1) is 20.8 Å². The maximum atomic E-state index is 13.2. The summed E-state index contributed by atoms with van der Waals surface area (Å²) in [5.41, 5.74) is 3.50. The third-order valence-electron chi connectivity index (χ3n) is 5.91. The van der Waals surface area contributed by atoms with Gasteiger partial charge < -0.3 is 14.4 Å². The number of nitrogens with zero attached hydrogens (tertiary/aromatic N) is 2. The molecule has 1 amide bonds. The van der Waals surface area contributed by atoms with Crippen LogP contribution in [0.3, 0.4) is 0 Å². The van der Waals surface area contributed by atoms with Gasteiger partial charge in [0.2, 0.25) is 5.91 Å². The average Bonchev–Trinajstić information content (AvgIpc) is 3.20. The highest BCUT2D eigenvalue weighted by atomic mass is 16.5. The molecule has 1 fully saturated rings. The van der Waals surface area contributed by atoms with Crippen LogP contribution in [0.2, 0.25) is 0 Å². The summed E-state index contributed by atoms with van der Waals surface area (Å²) in [6.07, 6.45) is 4.20. The van der Waals surface area contributed by atoms with Crippen LogP contribution in [-0.4, -0.2) is 44.7 Å². The number of carbonyl (C=O) groups excluding carboxylic acids is 1. The Morgan fingerprint density at radius 1 is 1.00 bits per heavy atom. The molecule has 0 radical (unpaired) electrons. The number of rotatable bonds is 5. The summed E-state index contributed by atoms with van der Waals surface area (Å²) >= 11 is 0. The second-order valence-corrected chi connectivity index (χ2v) is 7.55. The number of anilines is 1. The van der Waals surface area contributed by atoms with Crippen LogP contribution in [0.25, 0.3) is 0 Å². The Balaban J connectivity index is 1.49. The number of benzene rings is 2. The second-order valence-electron chi connectivity index (χ2n) is 7.55. The first-order valence-electron chi connectivity index (χ1n) is 10.0. The highest BCUT2D eigenvalue weighted by molar-refractivity contribution is 5.96. The van der Waals surface area contributed by atoms with E-state index in [4.69, 9.17) is 9.47 Å². The number of hydrogen-bond donors (Lipinski definition) is 0. The fourth-order valence-electron chi connectivity index (χ4n) is 4.44. The predicted octanol–water partition coefficient (Wildman–Crippen LogP) is 3.82. The van der Waals surface area contributed by atoms with Crippen LogP contribution in [0, 0.1) is 0 Å². The van der Waals surface area contributed by atoms with E-state index in [0.29, 0.717) is 12.6 Å². The van der Waals surface area contributed by atoms with Crippen molar-refractivity contribution in [3.8, 4) is 11.5 Å². The number of aryl methyl sites for hydroxylation is 1. The molecule has 2 heterocycles. The van der Waals surface area contributed by atoms with Crippen LogP contribution in [0.15, 0.2) is 42.5 Å². The highest BCUT2D eigenvalue weighted by Crippen LogP contribution is 2.34. The van der Waals surface area contributed by atoms with Crippen molar-refractivity contribution in [2.24, 2.45) is 0 Å². The Bertz CT molecular complexity index is 834. The zero-order chi connectivity index (χ0) is 19.5. The summed E-state index contributed by atoms with van der Waals surface area (Å²) in [6, 6.07) is 14.6. The van der Waals surface area contributed by atoms with Crippen LogP contribution in [0.1, 0.15) is 36.4 Å². The summed E-state index contributed by atoms with van der Waals surface area (Å²) in [6.45, 7) is 2.22. The standard InChI is InChI=1S/C23H28N2O3/c1-27-19-9-7-17(8-10-19)21-6-4-13-24(21)16-23(26)25-14-3-5-18-15-20(28-2)11-12-22(18)25/h7-12,15,21H,3-6,13-14,16H2,1-2H3/t21-/m1/s1. The first-order valence-corrected chi connectivity index (χ1v) is 10.0. The lowest BCUT2D eigenvalue weighted by Gasteiger charge is -2.32. The summed E-state index contributed by atoms with van der Waals surface area (Å²) in [4.78, 5) is 17.5. The van der Waals surface area contributed by atoms with Crippen LogP contribution in [0.4, 0.5) is 5.69 Å². The van der Waals surface area contributed by atoms with Gasteiger partial charge in [-0.25, -0.2) is 0 Å². The first-order chi connectivity index (χ1) is 13.7. The van der Waals surface area contributed by atoms with Gasteiger partial charge in [-0.15, -0.1) is 0 Å². The maximum Gasteiger partial charge on any atom is 0.241 e. The third kappa shape index (κ3) is 3.72. The van der Waals surface area contributed by atoms with Crippen molar-refractivity contribution >= 4 is 11.6 Å². The van der Waals surface area contributed by atoms with E-state index >= 15 is 0 Å². The van der Waals surface area contributed by atoms with Crippen molar-refractivity contribution in [1.82, 2.24) is 4.90 Å². The zero-order valence-electron chi connectivity index (χ0n) is 16.7. The molecule has 0 saturated carbocycles. The Kier molecular flexibility index (Phi) is 5.53. The molecule has 0 unspecified atom stereocenters. The van der Waals surface area contributed by atoms with Crippen molar-refractivity contribution in [3.05, 3.63) is 53.6 Å². The maximum absolute atomic E-state index is 13.2. The quantitative estimate of drug-likeness (QED) is 0.791. The number of amides is 1. The molecule has 0 bridgehead atoms. The van der Waals surface area contributed by atoms with Crippen molar-refractivity contribution in [1.29, 1.82) is 0 Å². The lowest BCUT2D eigenvalue weighted by molar-refractivity contribution is -0.120. The monoisotopic (exact) mass is 380 g/mol. The summed E-state index contributed by atoms with van der Waals surface area (Å²) in [5.74, 6) is 1.91. The fourth-order valence-corrected chi connectivity index (χ4v) is 4.44. The number of methoxy groups -OCH3 is 2. The Morgan fingerprint density at radius 2 is 1.75 bits per heavy atom. The molecule has 5 nitrogen and oxygen atoms in total. The van der Waals surface area contributed by atoms with Gasteiger partial charge in [0.25, 0.3) is 0 Å². The molecular formula is C23H28N2O3. The van der Waals surface area contributed by atoms with E-state index < -0.39 is 0 Å².